The summed E-state index contributed by atoms with van der Waals surface area (Å²) in [5, 5.41) is 23.5. The summed E-state index contributed by atoms with van der Waals surface area (Å²) >= 11 is 0. The fraction of sp³-hybridized carbons (Fsp3) is 0.333. The van der Waals surface area contributed by atoms with Gasteiger partial charge in [0.1, 0.15) is 34.8 Å². The van der Waals surface area contributed by atoms with Gasteiger partial charge < -0.3 is 18.3 Å². The number of furan rings is 2. The van der Waals surface area contributed by atoms with E-state index < -0.39 is 88.6 Å². The zero-order valence-electron chi connectivity index (χ0n) is 44.5. The number of hydrogen-bond donors (Lipinski definition) is 0. The Labute approximate surface area is 474 Å². The van der Waals surface area contributed by atoms with Gasteiger partial charge in [-0.1, -0.05) is 134 Å². The van der Waals surface area contributed by atoms with Crippen LogP contribution in [0.4, 0.5) is 21.0 Å². The summed E-state index contributed by atoms with van der Waals surface area (Å²) in [6.45, 7) is 0.411. The second-order valence-corrected chi connectivity index (χ2v) is 25.2. The molecule has 6 fully saturated rings. The molecule has 7 aromatic rings. The summed E-state index contributed by atoms with van der Waals surface area (Å²) in [5.74, 6) is -0.137. The lowest BCUT2D eigenvalue weighted by Crippen LogP contribution is -2.69. The van der Waals surface area contributed by atoms with Crippen molar-refractivity contribution in [3.63, 3.8) is 0 Å². The van der Waals surface area contributed by atoms with E-state index in [1.165, 1.54) is 69.7 Å². The smallest absolute Gasteiger partial charge is 0.411 e. The van der Waals surface area contributed by atoms with Crippen molar-refractivity contribution in [3.8, 4) is 0 Å². The monoisotopic (exact) mass is 1150 g/mol. The number of ether oxygens (including phenoxy) is 2. The predicted octanol–water partition coefficient (Wildman–Crippen LogP) is 10.8. The zero-order valence-corrected chi connectivity index (χ0v) is 46.1. The molecule has 0 radical (unpaired) electrons. The minimum absolute atomic E-state index is 0.00360. The number of nitro benzene ring substituents is 2. The molecule has 22 heteroatoms. The van der Waals surface area contributed by atoms with E-state index in [1.807, 2.05) is 97.1 Å². The molecule has 2 saturated carbocycles. The Morgan fingerprint density at radius 2 is 0.817 bits per heavy atom. The molecule has 6 atom stereocenters. The van der Waals surface area contributed by atoms with Crippen molar-refractivity contribution < 1.29 is 54.6 Å². The number of sulfonamides is 2. The van der Waals surface area contributed by atoms with E-state index in [0.29, 0.717) is 11.5 Å². The summed E-state index contributed by atoms with van der Waals surface area (Å²) in [6.07, 6.45) is 5.99. The average Bonchev–Trinajstić information content (AvgIpc) is 1.83. The Bertz CT molecular complexity index is 3380. The Hall–Kier alpha value is -8.18. The summed E-state index contributed by atoms with van der Waals surface area (Å²) < 4.78 is 82.5. The molecule has 82 heavy (non-hydrogen) atoms. The summed E-state index contributed by atoms with van der Waals surface area (Å²) in [5.41, 5.74) is -1.09. The third-order valence-electron chi connectivity index (χ3n) is 17.1. The highest BCUT2D eigenvalue weighted by atomic mass is 32.2. The summed E-state index contributed by atoms with van der Waals surface area (Å²) in [7, 11) is -8.63. The number of rotatable bonds is 14. The van der Waals surface area contributed by atoms with E-state index in [-0.39, 0.29) is 60.9 Å². The van der Waals surface area contributed by atoms with Gasteiger partial charge in [-0.25, -0.2) is 26.4 Å². The first-order chi connectivity index (χ1) is 39.6. The van der Waals surface area contributed by atoms with Gasteiger partial charge in [0.2, 0.25) is 20.0 Å². The molecule has 5 aromatic carbocycles. The van der Waals surface area contributed by atoms with Gasteiger partial charge in [0, 0.05) is 51.4 Å². The highest BCUT2D eigenvalue weighted by Crippen LogP contribution is 2.56. The fourth-order valence-corrected chi connectivity index (χ4v) is 16.2. The molecule has 2 aliphatic carbocycles. The predicted molar refractivity (Wildman–Crippen MR) is 298 cm³/mol. The van der Waals surface area contributed by atoms with Crippen LogP contribution in [0, 0.1) is 32.1 Å². The van der Waals surface area contributed by atoms with Crippen molar-refractivity contribution in [1.82, 2.24) is 18.4 Å². The molecule has 4 saturated heterocycles. The maximum atomic E-state index is 14.1. The number of amides is 2. The zero-order chi connectivity index (χ0) is 57.2. The SMILES string of the molecule is O=C1O[C@H]2[C@@H](c3ccco3)CN(S(=O)(=O)c3ccccc3[N+](=O)[O-])C[C@@]2(C2CCC2)N1Cc1ccccc1.O=C1O[C@H]2[C@@H](c3ccco3)CN(S(=O)(=O)c3ccccc3[N+](=O)[O-])C[C@@]2(C2CCC2)N1Cc1ccccc1.c1ccccc1. The molecule has 0 N–H and O–H groups in total. The third kappa shape index (κ3) is 10.2. The van der Waals surface area contributed by atoms with Crippen molar-refractivity contribution in [3.05, 3.63) is 225 Å². The van der Waals surface area contributed by atoms with E-state index in [1.54, 1.807) is 34.1 Å². The van der Waals surface area contributed by atoms with Crippen molar-refractivity contribution in [1.29, 1.82) is 0 Å². The number of piperidine rings is 2. The van der Waals surface area contributed by atoms with E-state index in [9.17, 15) is 46.7 Å². The Kier molecular flexibility index (Phi) is 15.6. The Morgan fingerprint density at radius 3 is 1.13 bits per heavy atom. The number of carbonyl (C=O) groups excluding carboxylic acids is 2. The molecule has 426 valence electrons. The second kappa shape index (κ2) is 23.0. The van der Waals surface area contributed by atoms with Crippen LogP contribution in [0.2, 0.25) is 0 Å². The average molecular weight is 1150 g/mol. The molecule has 6 aliphatic rings. The third-order valence-corrected chi connectivity index (χ3v) is 20.8. The van der Waals surface area contributed by atoms with Crippen molar-refractivity contribution in [2.24, 2.45) is 11.8 Å². The number of hydrogen-bond acceptors (Lipinski definition) is 14. The molecule has 6 heterocycles. The fourth-order valence-electron chi connectivity index (χ4n) is 12.8. The standard InChI is InChI=1S/2C27H27N3O7S.C6H6/c2*31-26-29(16-19-8-2-1-3-9-19)27(20-10-6-11-20)18-28(17-21(25(27)37-26)23-13-7-15-36-23)38(34,35)24-14-5-4-12-22(24)30(32)33;1-2-4-6-5-3-1/h2*1-5,7-9,12-15,20-21,25H,6,10-11,16-18H2;1-6H/t2*21-,25+,27+;/m11./s1. The molecule has 0 spiro atoms. The van der Waals surface area contributed by atoms with Gasteiger partial charge in [0.15, 0.2) is 9.79 Å². The van der Waals surface area contributed by atoms with Gasteiger partial charge in [-0.15, -0.1) is 0 Å². The van der Waals surface area contributed by atoms with Crippen LogP contribution in [0.5, 0.6) is 0 Å². The van der Waals surface area contributed by atoms with Gasteiger partial charge in [0.05, 0.1) is 34.2 Å². The van der Waals surface area contributed by atoms with Crippen LogP contribution >= 0.6 is 0 Å². The number of nitro groups is 2. The lowest BCUT2D eigenvalue weighted by molar-refractivity contribution is -0.388. The number of benzene rings is 5. The van der Waals surface area contributed by atoms with Crippen LogP contribution in [0.15, 0.2) is 201 Å². The minimum atomic E-state index is -4.31. The van der Waals surface area contributed by atoms with E-state index in [4.69, 9.17) is 18.3 Å². The van der Waals surface area contributed by atoms with E-state index in [0.717, 1.165) is 49.7 Å². The van der Waals surface area contributed by atoms with Crippen molar-refractivity contribution >= 4 is 43.6 Å². The first kappa shape index (κ1) is 55.7. The molecule has 0 unspecified atom stereocenters. The number of nitrogens with zero attached hydrogens (tertiary/aromatic N) is 6. The van der Waals surface area contributed by atoms with Gasteiger partial charge in [-0.3, -0.25) is 30.0 Å². The van der Waals surface area contributed by atoms with Gasteiger partial charge in [-0.05, 0) is 85.0 Å². The topological polar surface area (TPSA) is 246 Å². The van der Waals surface area contributed by atoms with E-state index in [2.05, 4.69) is 0 Å². The lowest BCUT2D eigenvalue weighted by Gasteiger charge is -2.54. The van der Waals surface area contributed by atoms with Crippen molar-refractivity contribution in [2.45, 2.75) is 96.5 Å². The molecular formula is C60H60N6O14S2. The van der Waals surface area contributed by atoms with Crippen molar-refractivity contribution in [2.75, 3.05) is 26.2 Å². The Balaban J connectivity index is 0.000000156. The highest BCUT2D eigenvalue weighted by Gasteiger charge is 2.68. The minimum Gasteiger partial charge on any atom is -0.469 e. The Morgan fingerprint density at radius 1 is 0.476 bits per heavy atom. The molecule has 0 bridgehead atoms. The quantitative estimate of drug-likeness (QED) is 0.0726. The van der Waals surface area contributed by atoms with Crippen LogP contribution < -0.4 is 0 Å². The van der Waals surface area contributed by atoms with Gasteiger partial charge in [-0.2, -0.15) is 8.61 Å². The van der Waals surface area contributed by atoms with Crippen LogP contribution in [-0.4, -0.2) is 107 Å². The molecule has 13 rings (SSSR count). The first-order valence-corrected chi connectivity index (χ1v) is 30.1. The molecule has 4 aliphatic heterocycles. The number of para-hydroxylation sites is 2. The number of carbonyl (C=O) groups is 2. The summed E-state index contributed by atoms with van der Waals surface area (Å²) in [6, 6.07) is 48.7. The molecule has 2 amide bonds. The number of fused-ring (bicyclic) bond motifs is 2. The molecule has 2 aromatic heterocycles. The largest absolute Gasteiger partial charge is 0.469 e. The molecular weight excluding hydrogens is 1090 g/mol. The highest BCUT2D eigenvalue weighted by molar-refractivity contribution is 7.89. The van der Waals surface area contributed by atoms with Crippen LogP contribution in [-0.2, 0) is 42.6 Å². The second-order valence-electron chi connectivity index (χ2n) is 21.4. The van der Waals surface area contributed by atoms with Crippen LogP contribution in [0.25, 0.3) is 0 Å². The van der Waals surface area contributed by atoms with E-state index >= 15 is 0 Å². The van der Waals surface area contributed by atoms with Crippen LogP contribution in [0.1, 0.15) is 73.0 Å². The normalized spacial score (nSPS) is 24.7. The summed E-state index contributed by atoms with van der Waals surface area (Å²) in [4.78, 5) is 51.7. The van der Waals surface area contributed by atoms with Gasteiger partial charge >= 0.3 is 12.2 Å². The first-order valence-electron chi connectivity index (χ1n) is 27.2. The maximum Gasteiger partial charge on any atom is 0.411 e. The maximum absolute atomic E-state index is 14.1. The molecule has 20 nitrogen and oxygen atoms in total. The van der Waals surface area contributed by atoms with Gasteiger partial charge in [0.25, 0.3) is 11.4 Å². The van der Waals surface area contributed by atoms with Crippen LogP contribution in [0.3, 0.4) is 0 Å². The lowest BCUT2D eigenvalue weighted by atomic mass is 9.63.